The zero-order valence-corrected chi connectivity index (χ0v) is 24.4. The summed E-state index contributed by atoms with van der Waals surface area (Å²) in [5, 5.41) is 7.85. The number of pyridine rings is 1. The number of rotatable bonds is 7. The number of oxazole rings is 1. The molecule has 1 aliphatic heterocycles. The molecule has 1 fully saturated rings. The fourth-order valence-corrected chi connectivity index (χ4v) is 5.91. The van der Waals surface area contributed by atoms with Crippen LogP contribution in [0.5, 0.6) is 0 Å². The van der Waals surface area contributed by atoms with Crippen LogP contribution in [0.1, 0.15) is 10.5 Å². The van der Waals surface area contributed by atoms with Crippen LogP contribution >= 0.6 is 11.6 Å². The Kier molecular flexibility index (Phi) is 7.06. The van der Waals surface area contributed by atoms with E-state index in [1.165, 1.54) is 16.8 Å². The molecule has 0 saturated carbocycles. The maximum absolute atomic E-state index is 14.8. The van der Waals surface area contributed by atoms with E-state index in [0.717, 1.165) is 0 Å². The lowest BCUT2D eigenvalue weighted by Gasteiger charge is -2.36. The van der Waals surface area contributed by atoms with Gasteiger partial charge in [-0.2, -0.15) is 9.50 Å². The molecule has 224 valence electrons. The van der Waals surface area contributed by atoms with Crippen LogP contribution in [0, 0.1) is 5.82 Å². The summed E-state index contributed by atoms with van der Waals surface area (Å²) in [6.45, 7) is 3.59. The van der Waals surface area contributed by atoms with Crippen LogP contribution < -0.4 is 16.0 Å². The van der Waals surface area contributed by atoms with Crippen molar-refractivity contribution >= 4 is 45.8 Å². The van der Waals surface area contributed by atoms with E-state index in [0.29, 0.717) is 84.6 Å². The highest BCUT2D eigenvalue weighted by molar-refractivity contribution is 6.40. The van der Waals surface area contributed by atoms with Crippen molar-refractivity contribution < 1.29 is 13.6 Å². The highest BCUT2D eigenvalue weighted by atomic mass is 35.5. The molecule has 6 heterocycles. The second kappa shape index (κ2) is 11.2. The van der Waals surface area contributed by atoms with Gasteiger partial charge in [-0.3, -0.25) is 14.7 Å². The standard InChI is InChI=1S/C29H27ClFN11O2/c1-33-27(43)23-22(30)21-25(37-29(32)42-26(21)36-24(38-42)19-4-2-3-7-34-19)41(23)14-11-39-9-12-40(13-10-39)20-16-17(5-6-18(20)31)28-35-8-15-44-28/h2-8,15-16H,9-14H2,1H3,(H2,32,37)(H,33,43). The minimum Gasteiger partial charge on any atom is -0.445 e. The first-order valence-corrected chi connectivity index (χ1v) is 14.3. The smallest absolute Gasteiger partial charge is 0.269 e. The predicted molar refractivity (Wildman–Crippen MR) is 163 cm³/mol. The van der Waals surface area contributed by atoms with E-state index in [2.05, 4.69) is 35.3 Å². The van der Waals surface area contributed by atoms with Gasteiger partial charge in [-0.05, 0) is 30.3 Å². The Balaban J connectivity index is 1.15. The third kappa shape index (κ3) is 4.77. The molecule has 1 amide bonds. The van der Waals surface area contributed by atoms with Crippen LogP contribution in [-0.4, -0.2) is 84.7 Å². The molecule has 1 aliphatic rings. The van der Waals surface area contributed by atoms with Gasteiger partial charge in [-0.1, -0.05) is 17.7 Å². The summed E-state index contributed by atoms with van der Waals surface area (Å²) in [6.07, 6.45) is 4.70. The second-order valence-corrected chi connectivity index (χ2v) is 10.7. The molecule has 0 radical (unpaired) electrons. The fourth-order valence-electron chi connectivity index (χ4n) is 5.55. The van der Waals surface area contributed by atoms with Gasteiger partial charge >= 0.3 is 0 Å². The first-order valence-electron chi connectivity index (χ1n) is 14.0. The molecule has 0 atom stereocenters. The number of nitrogens with one attached hydrogen (secondary N) is 1. The largest absolute Gasteiger partial charge is 0.445 e. The van der Waals surface area contributed by atoms with E-state index in [9.17, 15) is 9.18 Å². The number of nitrogen functional groups attached to an aromatic ring is 1. The molecular weight excluding hydrogens is 589 g/mol. The number of carbonyl (C=O) groups excluding carboxylic acids is 1. The van der Waals surface area contributed by atoms with Crippen LogP contribution in [0.3, 0.4) is 0 Å². The number of hydrogen-bond donors (Lipinski definition) is 2. The molecule has 1 aromatic carbocycles. The zero-order chi connectivity index (χ0) is 30.4. The number of halogens is 2. The number of aromatic nitrogens is 7. The number of anilines is 2. The van der Waals surface area contributed by atoms with E-state index >= 15 is 0 Å². The number of nitrogens with zero attached hydrogens (tertiary/aromatic N) is 9. The normalized spacial score (nSPS) is 14.1. The summed E-state index contributed by atoms with van der Waals surface area (Å²) in [5.74, 6) is 0.244. The summed E-state index contributed by atoms with van der Waals surface area (Å²) in [5.41, 5.74) is 9.19. The minimum atomic E-state index is -0.361. The van der Waals surface area contributed by atoms with E-state index in [1.807, 2.05) is 11.0 Å². The molecule has 5 aromatic heterocycles. The molecule has 44 heavy (non-hydrogen) atoms. The molecule has 15 heteroatoms. The maximum atomic E-state index is 14.8. The van der Waals surface area contributed by atoms with Gasteiger partial charge < -0.3 is 24.9 Å². The third-order valence-electron chi connectivity index (χ3n) is 7.76. The average molecular weight is 616 g/mol. The van der Waals surface area contributed by atoms with Crippen molar-refractivity contribution in [2.24, 2.45) is 0 Å². The predicted octanol–water partition coefficient (Wildman–Crippen LogP) is 3.35. The van der Waals surface area contributed by atoms with E-state index in [4.69, 9.17) is 21.8 Å². The Morgan fingerprint density at radius 3 is 2.64 bits per heavy atom. The van der Waals surface area contributed by atoms with Crippen molar-refractivity contribution in [3.05, 3.63) is 71.6 Å². The van der Waals surface area contributed by atoms with E-state index < -0.39 is 0 Å². The van der Waals surface area contributed by atoms with Gasteiger partial charge in [0.2, 0.25) is 17.7 Å². The zero-order valence-electron chi connectivity index (χ0n) is 23.6. The number of benzene rings is 1. The van der Waals surface area contributed by atoms with Gasteiger partial charge in [-0.15, -0.1) is 5.10 Å². The number of nitrogens with two attached hydrogens (primary N) is 1. The SMILES string of the molecule is CNC(=O)c1c(Cl)c2c(nc(N)n3nc(-c4ccccn4)nc23)n1CCN1CCN(c2cc(-c3ncco3)ccc2F)CC1. The lowest BCUT2D eigenvalue weighted by molar-refractivity contribution is 0.0953. The number of carbonyl (C=O) groups is 1. The second-order valence-electron chi connectivity index (χ2n) is 10.3. The molecule has 0 bridgehead atoms. The Morgan fingerprint density at radius 1 is 1.07 bits per heavy atom. The van der Waals surface area contributed by atoms with Crippen LogP contribution in [-0.2, 0) is 6.54 Å². The lowest BCUT2D eigenvalue weighted by atomic mass is 10.1. The number of fused-ring (bicyclic) bond motifs is 3. The molecular formula is C29H27ClFN11O2. The molecule has 6 aromatic rings. The molecule has 1 saturated heterocycles. The van der Waals surface area contributed by atoms with Crippen molar-refractivity contribution in [3.8, 4) is 23.0 Å². The molecule has 0 aliphatic carbocycles. The van der Waals surface area contributed by atoms with Crippen LogP contribution in [0.15, 0.2) is 59.5 Å². The van der Waals surface area contributed by atoms with Crippen molar-refractivity contribution in [2.75, 3.05) is 50.4 Å². The quantitative estimate of drug-likeness (QED) is 0.274. The summed E-state index contributed by atoms with van der Waals surface area (Å²) < 4.78 is 23.4. The Morgan fingerprint density at radius 2 is 1.91 bits per heavy atom. The van der Waals surface area contributed by atoms with Gasteiger partial charge in [0.15, 0.2) is 5.65 Å². The molecule has 3 N–H and O–H groups in total. The number of amides is 1. The summed E-state index contributed by atoms with van der Waals surface area (Å²) in [4.78, 5) is 35.1. The topological polar surface area (TPSA) is 149 Å². The Bertz CT molecular complexity index is 1980. The Hall–Kier alpha value is -5.08. The first kappa shape index (κ1) is 27.7. The first-order chi connectivity index (χ1) is 21.4. The van der Waals surface area contributed by atoms with Crippen LogP contribution in [0.4, 0.5) is 16.0 Å². The van der Waals surface area contributed by atoms with Crippen molar-refractivity contribution in [2.45, 2.75) is 6.54 Å². The highest BCUT2D eigenvalue weighted by Gasteiger charge is 2.28. The third-order valence-corrected chi connectivity index (χ3v) is 8.13. The average Bonchev–Trinajstić information content (AvgIpc) is 3.80. The summed E-state index contributed by atoms with van der Waals surface area (Å²) >= 11 is 6.87. The maximum Gasteiger partial charge on any atom is 0.269 e. The van der Waals surface area contributed by atoms with Crippen LogP contribution in [0.2, 0.25) is 5.02 Å². The van der Waals surface area contributed by atoms with Gasteiger partial charge in [-0.25, -0.2) is 14.4 Å². The summed E-state index contributed by atoms with van der Waals surface area (Å²) in [6, 6.07) is 10.3. The molecule has 0 spiro atoms. The van der Waals surface area contributed by atoms with Gasteiger partial charge in [0.1, 0.15) is 29.1 Å². The van der Waals surface area contributed by atoms with Gasteiger partial charge in [0.05, 0.1) is 22.3 Å². The van der Waals surface area contributed by atoms with Crippen molar-refractivity contribution in [1.82, 2.24) is 44.3 Å². The summed E-state index contributed by atoms with van der Waals surface area (Å²) in [7, 11) is 1.55. The van der Waals surface area contributed by atoms with Crippen molar-refractivity contribution in [1.29, 1.82) is 0 Å². The van der Waals surface area contributed by atoms with E-state index in [1.54, 1.807) is 48.3 Å². The number of hydrogen-bond acceptors (Lipinski definition) is 10. The molecule has 7 rings (SSSR count). The fraction of sp³-hybridized carbons (Fsp3) is 0.241. The lowest BCUT2D eigenvalue weighted by Crippen LogP contribution is -2.47. The number of piperazine rings is 1. The Labute approximate surface area is 255 Å². The molecule has 0 unspecified atom stereocenters. The highest BCUT2D eigenvalue weighted by Crippen LogP contribution is 2.34. The monoisotopic (exact) mass is 615 g/mol. The van der Waals surface area contributed by atoms with Gasteiger partial charge in [0, 0.05) is 58.1 Å². The minimum absolute atomic E-state index is 0.101. The molecule has 13 nitrogen and oxygen atoms in total. The van der Waals surface area contributed by atoms with E-state index in [-0.39, 0.29) is 28.4 Å². The van der Waals surface area contributed by atoms with Crippen LogP contribution in [0.25, 0.3) is 39.7 Å². The van der Waals surface area contributed by atoms with Gasteiger partial charge in [0.25, 0.3) is 5.91 Å². The van der Waals surface area contributed by atoms with Crippen molar-refractivity contribution in [3.63, 3.8) is 0 Å².